The number of esters is 1. The SMILES string of the molecule is CCC1(Cc2ccc(OC)c(OC)c2)C[NH+]([O-])OC(OCc2ccccc2)C1OC(C)=O. The maximum atomic E-state index is 12.6. The number of ether oxygens (including phenoxy) is 4. The second kappa shape index (κ2) is 10.8. The van der Waals surface area contributed by atoms with Crippen LogP contribution in [0.3, 0.4) is 0 Å². The van der Waals surface area contributed by atoms with E-state index in [4.69, 9.17) is 23.8 Å². The van der Waals surface area contributed by atoms with Crippen molar-refractivity contribution in [2.24, 2.45) is 5.41 Å². The summed E-state index contributed by atoms with van der Waals surface area (Å²) in [6.07, 6.45) is -0.693. The van der Waals surface area contributed by atoms with Crippen LogP contribution < -0.4 is 14.7 Å². The third-order valence-corrected chi connectivity index (χ3v) is 5.85. The fourth-order valence-corrected chi connectivity index (χ4v) is 4.15. The van der Waals surface area contributed by atoms with E-state index in [-0.39, 0.29) is 18.4 Å². The van der Waals surface area contributed by atoms with Crippen LogP contribution in [0.15, 0.2) is 48.5 Å². The molecule has 174 valence electrons. The van der Waals surface area contributed by atoms with Crippen LogP contribution in [0.5, 0.6) is 11.5 Å². The fraction of sp³-hybridized carbons (Fsp3) is 0.458. The second-order valence-electron chi connectivity index (χ2n) is 7.94. The van der Waals surface area contributed by atoms with Crippen LogP contribution in [0.25, 0.3) is 0 Å². The molecule has 0 bridgehead atoms. The van der Waals surface area contributed by atoms with Gasteiger partial charge in [0.1, 0.15) is 6.54 Å². The zero-order valence-corrected chi connectivity index (χ0v) is 19.0. The molecule has 2 aromatic rings. The lowest BCUT2D eigenvalue weighted by molar-refractivity contribution is -1.08. The van der Waals surface area contributed by atoms with Crippen molar-refractivity contribution < 1.29 is 33.8 Å². The Balaban J connectivity index is 1.90. The van der Waals surface area contributed by atoms with E-state index in [1.807, 2.05) is 55.5 Å². The summed E-state index contributed by atoms with van der Waals surface area (Å²) in [4.78, 5) is 17.5. The van der Waals surface area contributed by atoms with Gasteiger partial charge in [0.25, 0.3) is 6.29 Å². The second-order valence-corrected chi connectivity index (χ2v) is 7.94. The summed E-state index contributed by atoms with van der Waals surface area (Å²) in [5.74, 6) is 0.757. The van der Waals surface area contributed by atoms with Gasteiger partial charge in [-0.05, 0) is 36.1 Å². The number of hydrogen-bond donors (Lipinski definition) is 1. The first-order chi connectivity index (χ1) is 15.4. The molecule has 4 unspecified atom stereocenters. The van der Waals surface area contributed by atoms with Crippen molar-refractivity contribution in [3.63, 3.8) is 0 Å². The molecule has 1 N–H and O–H groups in total. The van der Waals surface area contributed by atoms with Crippen LogP contribution >= 0.6 is 0 Å². The zero-order valence-electron chi connectivity index (χ0n) is 19.0. The Morgan fingerprint density at radius 3 is 2.47 bits per heavy atom. The van der Waals surface area contributed by atoms with Gasteiger partial charge in [-0.25, -0.2) is 5.23 Å². The minimum atomic E-state index is -1.000. The first-order valence-electron chi connectivity index (χ1n) is 10.6. The first kappa shape index (κ1) is 24.0. The molecule has 0 aromatic heterocycles. The van der Waals surface area contributed by atoms with Crippen LogP contribution in [0.4, 0.5) is 0 Å². The minimum Gasteiger partial charge on any atom is -0.600 e. The predicted octanol–water partition coefficient (Wildman–Crippen LogP) is 2.45. The molecule has 1 fully saturated rings. The molecule has 8 heteroatoms. The van der Waals surface area contributed by atoms with Crippen LogP contribution in [0, 0.1) is 10.6 Å². The monoisotopic (exact) mass is 445 g/mol. The highest BCUT2D eigenvalue weighted by Gasteiger charge is 2.53. The number of hydrogen-bond acceptors (Lipinski definition) is 7. The molecule has 2 aromatic carbocycles. The Morgan fingerprint density at radius 1 is 1.12 bits per heavy atom. The van der Waals surface area contributed by atoms with Gasteiger partial charge in [0.15, 0.2) is 17.6 Å². The third-order valence-electron chi connectivity index (χ3n) is 5.85. The lowest BCUT2D eigenvalue weighted by Gasteiger charge is -2.48. The van der Waals surface area contributed by atoms with Gasteiger partial charge >= 0.3 is 5.97 Å². The molecule has 1 aliphatic rings. The Labute approximate surface area is 188 Å². The average molecular weight is 446 g/mol. The lowest BCUT2D eigenvalue weighted by atomic mass is 9.73. The highest BCUT2D eigenvalue weighted by Crippen LogP contribution is 2.39. The van der Waals surface area contributed by atoms with E-state index < -0.39 is 23.8 Å². The van der Waals surface area contributed by atoms with Crippen molar-refractivity contribution in [3.8, 4) is 11.5 Å². The summed E-state index contributed by atoms with van der Waals surface area (Å²) in [5, 5.41) is 12.2. The summed E-state index contributed by atoms with van der Waals surface area (Å²) >= 11 is 0. The van der Waals surface area contributed by atoms with Crippen molar-refractivity contribution in [1.29, 1.82) is 0 Å². The van der Waals surface area contributed by atoms with Crippen molar-refractivity contribution in [2.45, 2.75) is 45.7 Å². The molecule has 0 amide bonds. The van der Waals surface area contributed by atoms with E-state index in [2.05, 4.69) is 0 Å². The molecule has 4 atom stereocenters. The van der Waals surface area contributed by atoms with Crippen LogP contribution in [-0.4, -0.2) is 39.1 Å². The fourth-order valence-electron chi connectivity index (χ4n) is 4.15. The summed E-state index contributed by atoms with van der Waals surface area (Å²) in [7, 11) is 3.15. The maximum absolute atomic E-state index is 12.6. The smallest absolute Gasteiger partial charge is 0.303 e. The number of rotatable bonds is 9. The molecule has 1 saturated heterocycles. The number of quaternary nitrogens is 1. The van der Waals surface area contributed by atoms with Crippen molar-refractivity contribution in [3.05, 3.63) is 64.9 Å². The van der Waals surface area contributed by atoms with E-state index in [1.54, 1.807) is 14.2 Å². The Bertz CT molecular complexity index is 891. The van der Waals surface area contributed by atoms with E-state index in [9.17, 15) is 10.0 Å². The molecule has 0 saturated carbocycles. The standard InChI is InChI=1S/C24H31NO7/c1-5-24(14-19-11-12-20(28-3)21(13-19)29-4)16-25(27)32-23(22(24)31-17(2)26)30-15-18-9-7-6-8-10-18/h6-13,22-23,25H,5,14-16H2,1-4H3. The van der Waals surface area contributed by atoms with Crippen LogP contribution in [0.2, 0.25) is 0 Å². The topological polar surface area (TPSA) is 90.7 Å². The summed E-state index contributed by atoms with van der Waals surface area (Å²) in [6, 6.07) is 15.2. The highest BCUT2D eigenvalue weighted by atomic mass is 16.9. The van der Waals surface area contributed by atoms with Gasteiger partial charge in [-0.3, -0.25) is 4.79 Å². The van der Waals surface area contributed by atoms with E-state index in [0.29, 0.717) is 24.3 Å². The molecule has 8 nitrogen and oxygen atoms in total. The van der Waals surface area contributed by atoms with Gasteiger partial charge in [0.05, 0.1) is 26.2 Å². The molecular weight excluding hydrogens is 414 g/mol. The molecule has 0 radical (unpaired) electrons. The highest BCUT2D eigenvalue weighted by molar-refractivity contribution is 5.66. The summed E-state index contributed by atoms with van der Waals surface area (Å²) in [5.41, 5.74) is 1.16. The van der Waals surface area contributed by atoms with E-state index >= 15 is 0 Å². The van der Waals surface area contributed by atoms with Crippen molar-refractivity contribution >= 4 is 5.97 Å². The average Bonchev–Trinajstić information content (AvgIpc) is 2.79. The normalized spacial score (nSPS) is 25.2. The van der Waals surface area contributed by atoms with Gasteiger partial charge in [-0.2, -0.15) is 4.84 Å². The molecule has 32 heavy (non-hydrogen) atoms. The molecule has 1 heterocycles. The number of carbonyl (C=O) groups excluding carboxylic acids is 1. The number of carbonyl (C=O) groups is 1. The number of benzene rings is 2. The van der Waals surface area contributed by atoms with Gasteiger partial charge in [-0.15, -0.1) is 0 Å². The first-order valence-corrected chi connectivity index (χ1v) is 10.6. The molecular formula is C24H31NO7. The van der Waals surface area contributed by atoms with Crippen molar-refractivity contribution in [2.75, 3.05) is 20.8 Å². The Morgan fingerprint density at radius 2 is 1.84 bits per heavy atom. The zero-order chi connectivity index (χ0) is 23.1. The number of nitrogens with one attached hydrogen (secondary N) is 1. The summed E-state index contributed by atoms with van der Waals surface area (Å²) in [6.45, 7) is 3.67. The largest absolute Gasteiger partial charge is 0.600 e. The molecule has 0 spiro atoms. The van der Waals surface area contributed by atoms with Gasteiger partial charge in [-0.1, -0.05) is 43.3 Å². The van der Waals surface area contributed by atoms with Gasteiger partial charge < -0.3 is 24.2 Å². The van der Waals surface area contributed by atoms with Gasteiger partial charge in [0.2, 0.25) is 0 Å². The van der Waals surface area contributed by atoms with E-state index in [0.717, 1.165) is 11.1 Å². The molecule has 3 rings (SSSR count). The summed E-state index contributed by atoms with van der Waals surface area (Å²) < 4.78 is 22.4. The van der Waals surface area contributed by atoms with E-state index in [1.165, 1.54) is 6.92 Å². The predicted molar refractivity (Wildman–Crippen MR) is 117 cm³/mol. The van der Waals surface area contributed by atoms with Gasteiger partial charge in [0, 0.05) is 6.92 Å². The maximum Gasteiger partial charge on any atom is 0.303 e. The number of methoxy groups -OCH3 is 2. The molecule has 0 aliphatic carbocycles. The quantitative estimate of drug-likeness (QED) is 0.468. The van der Waals surface area contributed by atoms with Crippen LogP contribution in [0.1, 0.15) is 31.4 Å². The van der Waals surface area contributed by atoms with Crippen molar-refractivity contribution in [1.82, 2.24) is 0 Å². The third kappa shape index (κ3) is 5.58. The minimum absolute atomic E-state index is 0.112. The lowest BCUT2D eigenvalue weighted by Crippen LogP contribution is -3.11. The Kier molecular flexibility index (Phi) is 8.09. The van der Waals surface area contributed by atoms with Crippen LogP contribution in [-0.2, 0) is 32.1 Å². The Hall–Kier alpha value is -2.65. The number of hydroxylamine groups is 2. The molecule has 1 aliphatic heterocycles.